The zero-order valence-corrected chi connectivity index (χ0v) is 32.5. The molecule has 3 rings (SSSR count). The molecular formula is C36H53N5O10Si. The monoisotopic (exact) mass is 743 g/mol. The van der Waals surface area contributed by atoms with Gasteiger partial charge in [-0.2, -0.15) is 0 Å². The summed E-state index contributed by atoms with van der Waals surface area (Å²) in [5, 5.41) is 18.3. The third-order valence-electron chi connectivity index (χ3n) is 9.32. The van der Waals surface area contributed by atoms with Crippen molar-refractivity contribution in [2.45, 2.75) is 97.3 Å². The number of nitrogens with zero attached hydrogens (tertiary/aromatic N) is 1. The molecule has 3 unspecified atom stereocenters. The minimum atomic E-state index is -2.05. The van der Waals surface area contributed by atoms with Crippen LogP contribution in [0, 0.1) is 5.92 Å². The van der Waals surface area contributed by atoms with Crippen LogP contribution in [-0.2, 0) is 30.1 Å². The first kappa shape index (κ1) is 41.6. The van der Waals surface area contributed by atoms with Crippen LogP contribution in [0.4, 0.5) is 21.0 Å². The molecule has 0 aromatic heterocycles. The average molecular weight is 744 g/mol. The minimum Gasteiger partial charge on any atom is -0.504 e. The van der Waals surface area contributed by atoms with E-state index in [1.807, 2.05) is 0 Å². The molecule has 0 saturated carbocycles. The molecule has 15 nitrogen and oxygen atoms in total. The molecule has 1 saturated heterocycles. The van der Waals surface area contributed by atoms with E-state index in [9.17, 15) is 29.1 Å². The zero-order chi connectivity index (χ0) is 39.0. The molecule has 0 aliphatic carbocycles. The highest BCUT2D eigenvalue weighted by molar-refractivity contribution is 6.74. The quantitative estimate of drug-likeness (QED) is 0.157. The summed E-state index contributed by atoms with van der Waals surface area (Å²) < 4.78 is 22.0. The van der Waals surface area contributed by atoms with Crippen LogP contribution in [0.1, 0.15) is 70.3 Å². The van der Waals surface area contributed by atoms with E-state index >= 15 is 0 Å². The van der Waals surface area contributed by atoms with Gasteiger partial charge < -0.3 is 45.0 Å². The molecule has 16 heteroatoms. The van der Waals surface area contributed by atoms with E-state index < -0.39 is 44.5 Å². The summed E-state index contributed by atoms with van der Waals surface area (Å²) in [5.41, 5.74) is 6.25. The Morgan fingerprint density at radius 2 is 1.67 bits per heavy atom. The number of ether oxygens (including phenoxy) is 3. The number of phenolic OH excluding ortho intramolecular Hbond substituents is 1. The second-order valence-corrected chi connectivity index (χ2v) is 19.5. The van der Waals surface area contributed by atoms with Gasteiger partial charge in [0.2, 0.25) is 5.91 Å². The van der Waals surface area contributed by atoms with Gasteiger partial charge in [0.1, 0.15) is 12.6 Å². The lowest BCUT2D eigenvalue weighted by Crippen LogP contribution is -2.49. The number of amides is 5. The van der Waals surface area contributed by atoms with Crippen molar-refractivity contribution in [1.29, 1.82) is 0 Å². The number of likely N-dealkylation sites (tertiary alicyclic amines) is 1. The van der Waals surface area contributed by atoms with E-state index in [0.717, 1.165) is 12.8 Å². The molecular weight excluding hydrogens is 691 g/mol. The van der Waals surface area contributed by atoms with Gasteiger partial charge in [0, 0.05) is 18.3 Å². The minimum absolute atomic E-state index is 0.0168. The van der Waals surface area contributed by atoms with Crippen molar-refractivity contribution in [3.05, 3.63) is 47.5 Å². The Kier molecular flexibility index (Phi) is 14.1. The average Bonchev–Trinajstić information content (AvgIpc) is 3.54. The van der Waals surface area contributed by atoms with Gasteiger partial charge >= 0.3 is 12.2 Å². The van der Waals surface area contributed by atoms with Crippen LogP contribution >= 0.6 is 0 Å². The van der Waals surface area contributed by atoms with Crippen molar-refractivity contribution < 1.29 is 47.7 Å². The summed E-state index contributed by atoms with van der Waals surface area (Å²) in [6.45, 7) is 16.4. The lowest BCUT2D eigenvalue weighted by molar-refractivity contribution is -0.134. The van der Waals surface area contributed by atoms with Crippen LogP contribution in [-0.4, -0.2) is 86.7 Å². The fraction of sp³-hybridized carbons (Fsp3) is 0.528. The van der Waals surface area contributed by atoms with Gasteiger partial charge in [0.25, 0.3) is 11.8 Å². The van der Waals surface area contributed by atoms with E-state index in [1.165, 1.54) is 26.2 Å². The topological polar surface area (TPSA) is 208 Å². The standard InChI is InChI=1S/C36H53N5O10Si/c1-21(2)30(51-34(37)46)32(44)38-22(3)31(43)39-24-14-12-23(13-15-24)19-49-35(47)40-27-18-28(42)29(48-7)17-26(27)33(45)41-16-10-11-25(41)20-50-52(8,9)36(4,5)6/h12-15,17-18,21-22,25,30,42H,10-11,16,19-20H2,1-9H3,(H2,37,46)(H,38,44)(H,39,43)(H,40,47). The molecule has 1 heterocycles. The van der Waals surface area contributed by atoms with Crippen molar-refractivity contribution in [3.63, 3.8) is 0 Å². The molecule has 0 radical (unpaired) electrons. The predicted molar refractivity (Wildman–Crippen MR) is 198 cm³/mol. The second kappa shape index (κ2) is 17.6. The lowest BCUT2D eigenvalue weighted by Gasteiger charge is -2.38. The normalized spacial score (nSPS) is 15.7. The number of carbonyl (C=O) groups is 5. The van der Waals surface area contributed by atoms with Crippen LogP contribution in [0.3, 0.4) is 0 Å². The Labute approximate surface area is 306 Å². The van der Waals surface area contributed by atoms with E-state index in [1.54, 1.807) is 43.0 Å². The highest BCUT2D eigenvalue weighted by atomic mass is 28.4. The molecule has 1 aliphatic rings. The number of aromatic hydroxyl groups is 1. The number of phenols is 1. The van der Waals surface area contributed by atoms with E-state index in [4.69, 9.17) is 24.4 Å². The Hall–Kier alpha value is -4.83. The van der Waals surface area contributed by atoms with Gasteiger partial charge in [-0.05, 0) is 67.6 Å². The maximum Gasteiger partial charge on any atom is 0.411 e. The van der Waals surface area contributed by atoms with Crippen LogP contribution in [0.5, 0.6) is 11.5 Å². The zero-order valence-electron chi connectivity index (χ0n) is 31.5. The highest BCUT2D eigenvalue weighted by Gasteiger charge is 2.39. The van der Waals surface area contributed by atoms with E-state index in [0.29, 0.717) is 24.4 Å². The van der Waals surface area contributed by atoms with Crippen molar-refractivity contribution in [3.8, 4) is 11.5 Å². The van der Waals surface area contributed by atoms with Crippen molar-refractivity contribution in [1.82, 2.24) is 10.2 Å². The fourth-order valence-corrected chi connectivity index (χ4v) is 6.21. The smallest absolute Gasteiger partial charge is 0.411 e. The summed E-state index contributed by atoms with van der Waals surface area (Å²) in [5.74, 6) is -2.06. The third-order valence-corrected chi connectivity index (χ3v) is 13.8. The molecule has 2 aromatic carbocycles. The molecule has 52 heavy (non-hydrogen) atoms. The highest BCUT2D eigenvalue weighted by Crippen LogP contribution is 2.38. The Balaban J connectivity index is 1.62. The first-order chi connectivity index (χ1) is 24.2. The number of carbonyl (C=O) groups excluding carboxylic acids is 5. The third kappa shape index (κ3) is 11.1. The predicted octanol–water partition coefficient (Wildman–Crippen LogP) is 5.34. The van der Waals surface area contributed by atoms with Gasteiger partial charge in [-0.1, -0.05) is 46.8 Å². The number of nitrogens with two attached hydrogens (primary N) is 1. The molecule has 2 aromatic rings. The largest absolute Gasteiger partial charge is 0.504 e. The Bertz CT molecular complexity index is 1610. The molecule has 6 N–H and O–H groups in total. The number of nitrogens with one attached hydrogen (secondary N) is 3. The SMILES string of the molecule is COc1cc(C(=O)N2CCCC2CO[Si](C)(C)C(C)(C)C)c(NC(=O)OCc2ccc(NC(=O)C(C)NC(=O)C(OC(N)=O)C(C)C)cc2)cc1O. The first-order valence-corrected chi connectivity index (χ1v) is 20.1. The van der Waals surface area contributed by atoms with Crippen LogP contribution in [0.2, 0.25) is 18.1 Å². The van der Waals surface area contributed by atoms with Crippen LogP contribution in [0.25, 0.3) is 0 Å². The number of hydrogen-bond donors (Lipinski definition) is 5. The maximum absolute atomic E-state index is 13.9. The van der Waals surface area contributed by atoms with Crippen molar-refractivity contribution in [2.75, 3.05) is 30.9 Å². The molecule has 5 amide bonds. The number of benzene rings is 2. The summed E-state index contributed by atoms with van der Waals surface area (Å²) in [6.07, 6.45) is -1.52. The summed E-state index contributed by atoms with van der Waals surface area (Å²) in [6, 6.07) is 8.00. The Morgan fingerprint density at radius 3 is 2.25 bits per heavy atom. The van der Waals surface area contributed by atoms with Gasteiger partial charge in [-0.25, -0.2) is 9.59 Å². The molecule has 3 atom stereocenters. The van der Waals surface area contributed by atoms with Crippen molar-refractivity contribution in [2.24, 2.45) is 11.7 Å². The maximum atomic E-state index is 13.9. The van der Waals surface area contributed by atoms with Gasteiger partial charge in [0.15, 0.2) is 25.9 Å². The van der Waals surface area contributed by atoms with Crippen LogP contribution < -0.4 is 26.4 Å². The molecule has 0 spiro atoms. The number of primary amides is 1. The molecule has 0 bridgehead atoms. The number of anilines is 2. The van der Waals surface area contributed by atoms with E-state index in [-0.39, 0.29) is 52.3 Å². The number of methoxy groups -OCH3 is 1. The second-order valence-electron chi connectivity index (χ2n) is 14.7. The van der Waals surface area contributed by atoms with Gasteiger partial charge in [-0.15, -0.1) is 0 Å². The first-order valence-electron chi connectivity index (χ1n) is 17.2. The molecule has 1 aliphatic heterocycles. The van der Waals surface area contributed by atoms with Gasteiger partial charge in [0.05, 0.1) is 31.0 Å². The van der Waals surface area contributed by atoms with Crippen LogP contribution in [0.15, 0.2) is 36.4 Å². The summed E-state index contributed by atoms with van der Waals surface area (Å²) >= 11 is 0. The molecule has 1 fully saturated rings. The lowest BCUT2D eigenvalue weighted by atomic mass is 10.1. The van der Waals surface area contributed by atoms with Crippen molar-refractivity contribution >= 4 is 49.6 Å². The Morgan fingerprint density at radius 1 is 1.02 bits per heavy atom. The summed E-state index contributed by atoms with van der Waals surface area (Å²) in [4.78, 5) is 64.9. The fourth-order valence-electron chi connectivity index (χ4n) is 5.17. The number of hydrogen-bond acceptors (Lipinski definition) is 10. The van der Waals surface area contributed by atoms with Gasteiger partial charge in [-0.3, -0.25) is 19.7 Å². The number of rotatable bonds is 14. The molecule has 286 valence electrons. The van der Waals surface area contributed by atoms with E-state index in [2.05, 4.69) is 49.8 Å². The summed E-state index contributed by atoms with van der Waals surface area (Å²) in [7, 11) is -0.680.